The Morgan fingerprint density at radius 2 is 2.36 bits per heavy atom. The molecule has 0 unspecified atom stereocenters. The van der Waals surface area contributed by atoms with Crippen molar-refractivity contribution in [1.29, 1.82) is 0 Å². The van der Waals surface area contributed by atoms with E-state index in [1.807, 2.05) is 0 Å². The molecule has 1 radical (unpaired) electrons. The van der Waals surface area contributed by atoms with Gasteiger partial charge in [-0.15, -0.1) is 0 Å². The lowest BCUT2D eigenvalue weighted by atomic mass is 10.3. The molecule has 0 spiro atoms. The standard InChI is InChI=1S/C9H10NO4/c1-13-6-7-14-9-5-3-2-4-8(9)10(11)12/h2-3,5H,6-7H2,1H3. The molecule has 5 nitrogen and oxygen atoms in total. The zero-order valence-corrected chi connectivity index (χ0v) is 7.73. The number of benzene rings is 1. The summed E-state index contributed by atoms with van der Waals surface area (Å²) in [5.41, 5.74) is -0.149. The van der Waals surface area contributed by atoms with Gasteiger partial charge >= 0.3 is 5.69 Å². The number of methoxy groups -OCH3 is 1. The van der Waals surface area contributed by atoms with Gasteiger partial charge < -0.3 is 9.47 Å². The normalized spacial score (nSPS) is 9.79. The van der Waals surface area contributed by atoms with Crippen molar-refractivity contribution in [3.05, 3.63) is 34.4 Å². The largest absolute Gasteiger partial charge is 0.484 e. The first-order valence-electron chi connectivity index (χ1n) is 4.02. The van der Waals surface area contributed by atoms with Crippen LogP contribution in [-0.2, 0) is 4.74 Å². The third kappa shape index (κ3) is 2.70. The van der Waals surface area contributed by atoms with Crippen LogP contribution in [0, 0.1) is 16.2 Å². The quantitative estimate of drug-likeness (QED) is 0.406. The molecule has 0 N–H and O–H groups in total. The molecule has 1 aromatic rings. The molecule has 75 valence electrons. The molecule has 0 saturated heterocycles. The SMILES string of the molecule is COCCOc1ccc[c]c1[N+](=O)[O-]. The first kappa shape index (κ1) is 10.5. The number of para-hydroxylation sites is 1. The summed E-state index contributed by atoms with van der Waals surface area (Å²) >= 11 is 0. The van der Waals surface area contributed by atoms with E-state index in [4.69, 9.17) is 9.47 Å². The van der Waals surface area contributed by atoms with Gasteiger partial charge in [0.05, 0.1) is 17.6 Å². The molecule has 0 fully saturated rings. The van der Waals surface area contributed by atoms with E-state index >= 15 is 0 Å². The molecule has 0 aliphatic rings. The second-order valence-electron chi connectivity index (χ2n) is 2.48. The minimum Gasteiger partial charge on any atom is -0.484 e. The summed E-state index contributed by atoms with van der Waals surface area (Å²) in [6.07, 6.45) is 0. The first-order chi connectivity index (χ1) is 6.75. The number of rotatable bonds is 5. The average molecular weight is 196 g/mol. The first-order valence-corrected chi connectivity index (χ1v) is 4.02. The summed E-state index contributed by atoms with van der Waals surface area (Å²) in [4.78, 5) is 9.99. The molecule has 14 heavy (non-hydrogen) atoms. The topological polar surface area (TPSA) is 61.6 Å². The van der Waals surface area contributed by atoms with Crippen LogP contribution in [0.25, 0.3) is 0 Å². The van der Waals surface area contributed by atoms with E-state index in [2.05, 4.69) is 6.07 Å². The van der Waals surface area contributed by atoms with Crippen LogP contribution in [0.2, 0.25) is 0 Å². The third-order valence-electron chi connectivity index (χ3n) is 1.52. The van der Waals surface area contributed by atoms with Gasteiger partial charge in [0.1, 0.15) is 6.61 Å². The minimum absolute atomic E-state index is 0.149. The fourth-order valence-corrected chi connectivity index (χ4v) is 0.907. The van der Waals surface area contributed by atoms with Crippen molar-refractivity contribution in [2.24, 2.45) is 0 Å². The Balaban J connectivity index is 2.69. The summed E-state index contributed by atoms with van der Waals surface area (Å²) < 4.78 is 9.90. The van der Waals surface area contributed by atoms with E-state index < -0.39 is 4.92 Å². The predicted molar refractivity (Wildman–Crippen MR) is 49.3 cm³/mol. The van der Waals surface area contributed by atoms with Crippen LogP contribution in [0.15, 0.2) is 18.2 Å². The summed E-state index contributed by atoms with van der Waals surface area (Å²) in [5.74, 6) is 0.217. The van der Waals surface area contributed by atoms with Gasteiger partial charge in [-0.1, -0.05) is 6.07 Å². The molecule has 0 aliphatic heterocycles. The molecule has 1 aromatic carbocycles. The van der Waals surface area contributed by atoms with Crippen molar-refractivity contribution < 1.29 is 14.4 Å². The summed E-state index contributed by atoms with van der Waals surface area (Å²) in [7, 11) is 1.54. The molecule has 0 amide bonds. The van der Waals surface area contributed by atoms with Crippen LogP contribution in [0.1, 0.15) is 0 Å². The van der Waals surface area contributed by atoms with Crippen LogP contribution in [0.5, 0.6) is 5.75 Å². The molecule has 1 rings (SSSR count). The van der Waals surface area contributed by atoms with Gasteiger partial charge in [0.15, 0.2) is 5.75 Å². The highest BCUT2D eigenvalue weighted by molar-refractivity contribution is 5.44. The average Bonchev–Trinajstić information content (AvgIpc) is 2.19. The van der Waals surface area contributed by atoms with Crippen LogP contribution in [0.3, 0.4) is 0 Å². The molecule has 0 aliphatic carbocycles. The van der Waals surface area contributed by atoms with Crippen molar-refractivity contribution in [3.8, 4) is 5.75 Å². The van der Waals surface area contributed by atoms with E-state index in [0.717, 1.165) is 0 Å². The maximum atomic E-state index is 10.5. The maximum absolute atomic E-state index is 10.5. The van der Waals surface area contributed by atoms with E-state index in [0.29, 0.717) is 6.61 Å². The highest BCUT2D eigenvalue weighted by Gasteiger charge is 2.13. The number of ether oxygens (including phenoxy) is 2. The zero-order chi connectivity index (χ0) is 10.4. The highest BCUT2D eigenvalue weighted by Crippen LogP contribution is 2.24. The Morgan fingerprint density at radius 3 is 3.00 bits per heavy atom. The van der Waals surface area contributed by atoms with Gasteiger partial charge in [-0.25, -0.2) is 0 Å². The van der Waals surface area contributed by atoms with Gasteiger partial charge in [0, 0.05) is 7.11 Å². The van der Waals surface area contributed by atoms with Crippen molar-refractivity contribution in [1.82, 2.24) is 0 Å². The van der Waals surface area contributed by atoms with Crippen LogP contribution in [0.4, 0.5) is 5.69 Å². The van der Waals surface area contributed by atoms with Crippen LogP contribution < -0.4 is 4.74 Å². The Labute approximate surface area is 81.4 Å². The lowest BCUT2D eigenvalue weighted by Gasteiger charge is -2.04. The third-order valence-corrected chi connectivity index (χ3v) is 1.52. The second-order valence-corrected chi connectivity index (χ2v) is 2.48. The van der Waals surface area contributed by atoms with Crippen LogP contribution >= 0.6 is 0 Å². The van der Waals surface area contributed by atoms with Gasteiger partial charge in [-0.3, -0.25) is 10.1 Å². The molecule has 5 heteroatoms. The number of nitro groups is 1. The smallest absolute Gasteiger partial charge is 0.318 e. The second kappa shape index (κ2) is 5.18. The zero-order valence-electron chi connectivity index (χ0n) is 7.73. The highest BCUT2D eigenvalue weighted by atomic mass is 16.6. The Bertz CT molecular complexity index is 313. The number of hydrogen-bond donors (Lipinski definition) is 0. The van der Waals surface area contributed by atoms with E-state index in [-0.39, 0.29) is 18.0 Å². The molecule has 0 aromatic heterocycles. The van der Waals surface area contributed by atoms with Crippen molar-refractivity contribution in [2.45, 2.75) is 0 Å². The van der Waals surface area contributed by atoms with Crippen molar-refractivity contribution in [2.75, 3.05) is 20.3 Å². The lowest BCUT2D eigenvalue weighted by molar-refractivity contribution is -0.386. The summed E-state index contributed by atoms with van der Waals surface area (Å²) in [6.45, 7) is 0.682. The summed E-state index contributed by atoms with van der Waals surface area (Å²) in [5, 5.41) is 10.5. The molecule has 0 heterocycles. The fraction of sp³-hybridized carbons (Fsp3) is 0.333. The van der Waals surface area contributed by atoms with Gasteiger partial charge in [0.2, 0.25) is 0 Å². The van der Waals surface area contributed by atoms with Crippen LogP contribution in [-0.4, -0.2) is 25.2 Å². The number of nitrogens with zero attached hydrogens (tertiary/aromatic N) is 1. The molecule has 0 atom stereocenters. The van der Waals surface area contributed by atoms with E-state index in [1.165, 1.54) is 19.2 Å². The Kier molecular flexibility index (Phi) is 3.87. The number of hydrogen-bond acceptors (Lipinski definition) is 4. The molecule has 0 bridgehead atoms. The fourth-order valence-electron chi connectivity index (χ4n) is 0.907. The summed E-state index contributed by atoms with van der Waals surface area (Å²) in [6, 6.07) is 7.14. The van der Waals surface area contributed by atoms with E-state index in [9.17, 15) is 10.1 Å². The van der Waals surface area contributed by atoms with Crippen molar-refractivity contribution >= 4 is 5.69 Å². The van der Waals surface area contributed by atoms with Gasteiger partial charge in [0.25, 0.3) is 0 Å². The molecular weight excluding hydrogens is 186 g/mol. The van der Waals surface area contributed by atoms with Gasteiger partial charge in [-0.05, 0) is 12.1 Å². The number of nitro benzene ring substituents is 1. The molecular formula is C9H10NO4. The Hall–Kier alpha value is -1.62. The predicted octanol–water partition coefficient (Wildman–Crippen LogP) is 1.42. The Morgan fingerprint density at radius 1 is 1.57 bits per heavy atom. The lowest BCUT2D eigenvalue weighted by Crippen LogP contribution is -2.05. The maximum Gasteiger partial charge on any atom is 0.318 e. The van der Waals surface area contributed by atoms with E-state index in [1.54, 1.807) is 6.07 Å². The monoisotopic (exact) mass is 196 g/mol. The van der Waals surface area contributed by atoms with Crippen molar-refractivity contribution in [3.63, 3.8) is 0 Å². The minimum atomic E-state index is -0.526. The van der Waals surface area contributed by atoms with Gasteiger partial charge in [-0.2, -0.15) is 0 Å². The molecule has 0 saturated carbocycles.